The first-order valence-electron chi connectivity index (χ1n) is 10.8. The average Bonchev–Trinajstić information content (AvgIpc) is 3.46. The summed E-state index contributed by atoms with van der Waals surface area (Å²) in [6, 6.07) is 11.6. The number of hydrogen-bond acceptors (Lipinski definition) is 7. The molecule has 0 spiro atoms. The fraction of sp³-hybridized carbons (Fsp3) is 0.375. The Balaban J connectivity index is 1.52. The van der Waals surface area contributed by atoms with Crippen LogP contribution in [0, 0.1) is 0 Å². The lowest BCUT2D eigenvalue weighted by Crippen LogP contribution is -2.44. The molecule has 4 rings (SSSR count). The summed E-state index contributed by atoms with van der Waals surface area (Å²) in [5, 5.41) is 4.18. The molecule has 1 aromatic heterocycles. The van der Waals surface area contributed by atoms with Crippen LogP contribution >= 0.6 is 0 Å². The van der Waals surface area contributed by atoms with Gasteiger partial charge in [0.15, 0.2) is 11.5 Å². The Morgan fingerprint density at radius 3 is 2.33 bits per heavy atom. The standard InChI is InChI=1S/C24H30N4O5/c1-6-28-18-12-16(30-2)8-7-14(18)9-19(28)17-13-22(27-26-17)25-24(29)15-10-20(31-3)23(33-5)21(11-15)32-4/h7-12,17,22,26-27H,6,13H2,1-5H3,(H,25,29). The van der Waals surface area contributed by atoms with Crippen molar-refractivity contribution in [2.24, 2.45) is 0 Å². The first-order valence-corrected chi connectivity index (χ1v) is 10.8. The number of hydrazine groups is 1. The highest BCUT2D eigenvalue weighted by molar-refractivity contribution is 5.95. The average molecular weight is 455 g/mol. The van der Waals surface area contributed by atoms with Crippen molar-refractivity contribution in [3.05, 3.63) is 47.7 Å². The van der Waals surface area contributed by atoms with E-state index in [0.717, 1.165) is 28.9 Å². The van der Waals surface area contributed by atoms with Crippen LogP contribution in [0.15, 0.2) is 36.4 Å². The van der Waals surface area contributed by atoms with Gasteiger partial charge >= 0.3 is 0 Å². The summed E-state index contributed by atoms with van der Waals surface area (Å²) in [5.74, 6) is 1.90. The van der Waals surface area contributed by atoms with Crippen LogP contribution in [0.5, 0.6) is 23.0 Å². The van der Waals surface area contributed by atoms with Crippen molar-refractivity contribution >= 4 is 16.8 Å². The van der Waals surface area contributed by atoms with Gasteiger partial charge in [0.25, 0.3) is 5.91 Å². The van der Waals surface area contributed by atoms with E-state index in [1.54, 1.807) is 19.2 Å². The minimum atomic E-state index is -0.251. The third-order valence-corrected chi connectivity index (χ3v) is 5.95. The molecule has 9 heteroatoms. The number of amides is 1. The number of fused-ring (bicyclic) bond motifs is 1. The Kier molecular flexibility index (Phi) is 6.62. The molecule has 1 amide bonds. The molecule has 2 heterocycles. The maximum absolute atomic E-state index is 13.0. The fourth-order valence-electron chi connectivity index (χ4n) is 4.32. The predicted octanol–water partition coefficient (Wildman–Crippen LogP) is 2.99. The lowest BCUT2D eigenvalue weighted by Gasteiger charge is -2.16. The zero-order valence-corrected chi connectivity index (χ0v) is 19.5. The molecule has 176 valence electrons. The number of carbonyl (C=O) groups excluding carboxylic acids is 1. The third kappa shape index (κ3) is 4.29. The van der Waals surface area contributed by atoms with Gasteiger partial charge in [-0.3, -0.25) is 4.79 Å². The molecule has 2 unspecified atom stereocenters. The van der Waals surface area contributed by atoms with Gasteiger partial charge in [0.1, 0.15) is 5.75 Å². The molecule has 2 aromatic carbocycles. The first-order chi connectivity index (χ1) is 16.0. The van der Waals surface area contributed by atoms with Gasteiger partial charge in [0, 0.05) is 35.7 Å². The summed E-state index contributed by atoms with van der Waals surface area (Å²) in [6.07, 6.45) is 0.434. The SMILES string of the molecule is CCn1c(C2CC(NC(=O)c3cc(OC)c(OC)c(OC)c3)NN2)cc2ccc(OC)cc21. The summed E-state index contributed by atoms with van der Waals surface area (Å²) in [4.78, 5) is 13.0. The molecule has 33 heavy (non-hydrogen) atoms. The van der Waals surface area contributed by atoms with E-state index in [-0.39, 0.29) is 18.1 Å². The second-order valence-electron chi connectivity index (χ2n) is 7.76. The summed E-state index contributed by atoms with van der Waals surface area (Å²) in [5.41, 5.74) is 9.21. The van der Waals surface area contributed by atoms with Crippen molar-refractivity contribution in [2.45, 2.75) is 32.1 Å². The van der Waals surface area contributed by atoms with Crippen LogP contribution in [0.3, 0.4) is 0 Å². The van der Waals surface area contributed by atoms with Crippen LogP contribution in [0.4, 0.5) is 0 Å². The molecule has 2 atom stereocenters. The quantitative estimate of drug-likeness (QED) is 0.482. The van der Waals surface area contributed by atoms with E-state index >= 15 is 0 Å². The second-order valence-corrected chi connectivity index (χ2v) is 7.76. The number of nitrogens with zero attached hydrogens (tertiary/aromatic N) is 1. The lowest BCUT2D eigenvalue weighted by atomic mass is 10.1. The number of nitrogens with one attached hydrogen (secondary N) is 3. The van der Waals surface area contributed by atoms with E-state index in [2.05, 4.69) is 45.9 Å². The Labute approximate surface area is 192 Å². The topological polar surface area (TPSA) is 95.0 Å². The third-order valence-electron chi connectivity index (χ3n) is 5.95. The van der Waals surface area contributed by atoms with Gasteiger partial charge in [-0.2, -0.15) is 0 Å². The summed E-state index contributed by atoms with van der Waals surface area (Å²) >= 11 is 0. The normalized spacial score (nSPS) is 17.7. The summed E-state index contributed by atoms with van der Waals surface area (Å²) < 4.78 is 23.7. The van der Waals surface area contributed by atoms with Gasteiger partial charge in [0.05, 0.1) is 46.2 Å². The van der Waals surface area contributed by atoms with Crippen LogP contribution in [0.1, 0.15) is 35.4 Å². The van der Waals surface area contributed by atoms with Gasteiger partial charge in [0.2, 0.25) is 5.75 Å². The minimum absolute atomic E-state index is 0.0357. The highest BCUT2D eigenvalue weighted by Gasteiger charge is 2.29. The number of aromatic nitrogens is 1. The number of ether oxygens (including phenoxy) is 4. The Hall–Kier alpha value is -3.43. The van der Waals surface area contributed by atoms with Gasteiger partial charge < -0.3 is 28.8 Å². The second kappa shape index (κ2) is 9.60. The Morgan fingerprint density at radius 2 is 1.73 bits per heavy atom. The number of benzene rings is 2. The monoisotopic (exact) mass is 454 g/mol. The highest BCUT2D eigenvalue weighted by atomic mass is 16.5. The predicted molar refractivity (Wildman–Crippen MR) is 125 cm³/mol. The maximum atomic E-state index is 13.0. The molecule has 3 N–H and O–H groups in total. The number of hydrogen-bond donors (Lipinski definition) is 3. The Bertz CT molecular complexity index is 1130. The van der Waals surface area contributed by atoms with Crippen molar-refractivity contribution < 1.29 is 23.7 Å². The van der Waals surface area contributed by atoms with Crippen LogP contribution in [0.25, 0.3) is 10.9 Å². The van der Waals surface area contributed by atoms with E-state index in [9.17, 15) is 4.79 Å². The van der Waals surface area contributed by atoms with Crippen LogP contribution in [-0.4, -0.2) is 45.1 Å². The van der Waals surface area contributed by atoms with E-state index < -0.39 is 0 Å². The van der Waals surface area contributed by atoms with Crippen molar-refractivity contribution in [3.63, 3.8) is 0 Å². The molecule has 1 saturated heterocycles. The number of methoxy groups -OCH3 is 4. The van der Waals surface area contributed by atoms with Crippen molar-refractivity contribution in [1.82, 2.24) is 20.7 Å². The van der Waals surface area contributed by atoms with Crippen molar-refractivity contribution in [2.75, 3.05) is 28.4 Å². The molecule has 0 saturated carbocycles. The van der Waals surface area contributed by atoms with Gasteiger partial charge in [-0.15, -0.1) is 0 Å². The lowest BCUT2D eigenvalue weighted by molar-refractivity contribution is 0.0931. The van der Waals surface area contributed by atoms with E-state index in [4.69, 9.17) is 18.9 Å². The molecule has 1 aliphatic heterocycles. The summed E-state index contributed by atoms with van der Waals surface area (Å²) in [7, 11) is 6.24. The number of rotatable bonds is 8. The Morgan fingerprint density at radius 1 is 1.00 bits per heavy atom. The maximum Gasteiger partial charge on any atom is 0.252 e. The molecule has 0 radical (unpaired) electrons. The molecule has 1 fully saturated rings. The largest absolute Gasteiger partial charge is 0.497 e. The zero-order valence-electron chi connectivity index (χ0n) is 19.5. The van der Waals surface area contributed by atoms with Crippen molar-refractivity contribution in [3.8, 4) is 23.0 Å². The number of aryl methyl sites for hydroxylation is 1. The van der Waals surface area contributed by atoms with Crippen LogP contribution in [-0.2, 0) is 6.54 Å². The molecular weight excluding hydrogens is 424 g/mol. The summed E-state index contributed by atoms with van der Waals surface area (Å²) in [6.45, 7) is 2.95. The van der Waals surface area contributed by atoms with Crippen LogP contribution < -0.4 is 35.1 Å². The zero-order chi connectivity index (χ0) is 23.5. The van der Waals surface area contributed by atoms with E-state index in [1.165, 1.54) is 21.3 Å². The van der Waals surface area contributed by atoms with Gasteiger partial charge in [-0.1, -0.05) is 0 Å². The molecule has 3 aromatic rings. The molecule has 9 nitrogen and oxygen atoms in total. The smallest absolute Gasteiger partial charge is 0.252 e. The molecule has 0 bridgehead atoms. The molecular formula is C24H30N4O5. The molecule has 0 aliphatic carbocycles. The molecule has 1 aliphatic rings. The number of carbonyl (C=O) groups is 1. The van der Waals surface area contributed by atoms with Crippen molar-refractivity contribution in [1.29, 1.82) is 0 Å². The van der Waals surface area contributed by atoms with E-state index in [0.29, 0.717) is 29.2 Å². The van der Waals surface area contributed by atoms with Gasteiger partial charge in [-0.25, -0.2) is 10.9 Å². The minimum Gasteiger partial charge on any atom is -0.497 e. The highest BCUT2D eigenvalue weighted by Crippen LogP contribution is 2.38. The fourth-order valence-corrected chi connectivity index (χ4v) is 4.32. The van der Waals surface area contributed by atoms with Crippen LogP contribution in [0.2, 0.25) is 0 Å². The first kappa shape index (κ1) is 22.8. The van der Waals surface area contributed by atoms with Gasteiger partial charge in [-0.05, 0) is 37.3 Å². The van der Waals surface area contributed by atoms with E-state index in [1.807, 2.05) is 6.07 Å².